The zero-order valence-electron chi connectivity index (χ0n) is 10.4. The highest BCUT2D eigenvalue weighted by atomic mass is 16.5. The molecular weight excluding hydrogens is 228 g/mol. The van der Waals surface area contributed by atoms with Gasteiger partial charge >= 0.3 is 0 Å². The lowest BCUT2D eigenvalue weighted by Gasteiger charge is -2.39. The van der Waals surface area contributed by atoms with Crippen molar-refractivity contribution in [3.63, 3.8) is 0 Å². The second-order valence-corrected chi connectivity index (χ2v) is 5.21. The first-order chi connectivity index (χ1) is 8.73. The number of rotatable bonds is 3. The van der Waals surface area contributed by atoms with E-state index in [0.29, 0.717) is 6.54 Å². The lowest BCUT2D eigenvalue weighted by atomic mass is 9.68. The molecule has 1 saturated carbocycles. The maximum absolute atomic E-state index is 12.2. The van der Waals surface area contributed by atoms with Gasteiger partial charge in [-0.3, -0.25) is 4.79 Å². The molecule has 1 aliphatic carbocycles. The van der Waals surface area contributed by atoms with Crippen LogP contribution in [-0.4, -0.2) is 19.1 Å². The molecule has 1 amide bonds. The number of carbonyl (C=O) groups is 1. The van der Waals surface area contributed by atoms with Gasteiger partial charge in [0.05, 0.1) is 12.0 Å². The number of nitrogens with two attached hydrogens (primary N) is 1. The number of nitrogens with one attached hydrogen (secondary N) is 1. The summed E-state index contributed by atoms with van der Waals surface area (Å²) < 4.78 is 5.45. The highest BCUT2D eigenvalue weighted by Gasteiger charge is 2.42. The third-order valence-electron chi connectivity index (χ3n) is 4.13. The predicted molar refractivity (Wildman–Crippen MR) is 69.6 cm³/mol. The fourth-order valence-electron chi connectivity index (χ4n) is 2.66. The standard InChI is InChI=1S/C14H18N2O2/c15-9-14(5-1-6-14)13(17)16-11-2-3-12-10(8-11)4-7-18-12/h2-3,8H,1,4-7,9,15H2,(H,16,17). The van der Waals surface area contributed by atoms with Crippen LogP contribution < -0.4 is 15.8 Å². The number of hydrogen-bond donors (Lipinski definition) is 2. The molecule has 1 heterocycles. The summed E-state index contributed by atoms with van der Waals surface area (Å²) in [4.78, 5) is 12.2. The summed E-state index contributed by atoms with van der Waals surface area (Å²) >= 11 is 0. The molecule has 0 unspecified atom stereocenters. The number of amides is 1. The minimum Gasteiger partial charge on any atom is -0.493 e. The van der Waals surface area contributed by atoms with E-state index in [1.165, 1.54) is 5.56 Å². The SMILES string of the molecule is NCC1(C(=O)Nc2ccc3c(c2)CCO3)CCC1. The molecule has 4 heteroatoms. The van der Waals surface area contributed by atoms with Crippen LogP contribution in [0.2, 0.25) is 0 Å². The molecule has 1 aromatic carbocycles. The van der Waals surface area contributed by atoms with Crippen LogP contribution in [0.4, 0.5) is 5.69 Å². The highest BCUT2D eigenvalue weighted by Crippen LogP contribution is 2.41. The van der Waals surface area contributed by atoms with Gasteiger partial charge in [-0.25, -0.2) is 0 Å². The molecule has 4 nitrogen and oxygen atoms in total. The molecule has 0 saturated heterocycles. The van der Waals surface area contributed by atoms with Crippen LogP contribution in [-0.2, 0) is 11.2 Å². The van der Waals surface area contributed by atoms with Crippen LogP contribution in [0.15, 0.2) is 18.2 Å². The lowest BCUT2D eigenvalue weighted by Crippen LogP contribution is -2.47. The molecule has 0 bridgehead atoms. The fourth-order valence-corrected chi connectivity index (χ4v) is 2.66. The molecule has 1 fully saturated rings. The number of benzene rings is 1. The van der Waals surface area contributed by atoms with E-state index in [1.54, 1.807) is 0 Å². The van der Waals surface area contributed by atoms with Crippen molar-refractivity contribution in [1.29, 1.82) is 0 Å². The Morgan fingerprint density at radius 3 is 2.94 bits per heavy atom. The first kappa shape index (κ1) is 11.5. The van der Waals surface area contributed by atoms with Gasteiger partial charge in [0, 0.05) is 18.7 Å². The Bertz CT molecular complexity index is 475. The Morgan fingerprint density at radius 1 is 1.44 bits per heavy atom. The average molecular weight is 246 g/mol. The van der Waals surface area contributed by atoms with E-state index in [0.717, 1.165) is 43.7 Å². The van der Waals surface area contributed by atoms with Gasteiger partial charge in [0.25, 0.3) is 0 Å². The summed E-state index contributed by atoms with van der Waals surface area (Å²) in [5.41, 5.74) is 7.43. The van der Waals surface area contributed by atoms with Crippen molar-refractivity contribution in [2.24, 2.45) is 11.1 Å². The molecule has 1 aromatic rings. The number of fused-ring (bicyclic) bond motifs is 1. The zero-order valence-corrected chi connectivity index (χ0v) is 10.4. The van der Waals surface area contributed by atoms with Crippen LogP contribution in [0.25, 0.3) is 0 Å². The van der Waals surface area contributed by atoms with Crippen LogP contribution in [0, 0.1) is 5.41 Å². The Hall–Kier alpha value is -1.55. The molecule has 3 rings (SSSR count). The molecule has 0 atom stereocenters. The molecule has 96 valence electrons. The van der Waals surface area contributed by atoms with Gasteiger partial charge in [-0.15, -0.1) is 0 Å². The van der Waals surface area contributed by atoms with Gasteiger partial charge in [0.2, 0.25) is 5.91 Å². The van der Waals surface area contributed by atoms with E-state index in [4.69, 9.17) is 10.5 Å². The quantitative estimate of drug-likeness (QED) is 0.853. The molecule has 3 N–H and O–H groups in total. The van der Waals surface area contributed by atoms with Gasteiger partial charge in [-0.1, -0.05) is 6.42 Å². The van der Waals surface area contributed by atoms with Crippen LogP contribution in [0.3, 0.4) is 0 Å². The Balaban J connectivity index is 1.74. The van der Waals surface area contributed by atoms with E-state index in [2.05, 4.69) is 5.32 Å². The van der Waals surface area contributed by atoms with Crippen molar-refractivity contribution < 1.29 is 9.53 Å². The second kappa shape index (κ2) is 4.28. The summed E-state index contributed by atoms with van der Waals surface area (Å²) in [5, 5.41) is 2.99. The smallest absolute Gasteiger partial charge is 0.231 e. The van der Waals surface area contributed by atoms with E-state index in [-0.39, 0.29) is 11.3 Å². The van der Waals surface area contributed by atoms with E-state index in [9.17, 15) is 4.79 Å². The first-order valence-corrected chi connectivity index (χ1v) is 6.51. The third kappa shape index (κ3) is 1.77. The highest BCUT2D eigenvalue weighted by molar-refractivity contribution is 5.96. The second-order valence-electron chi connectivity index (χ2n) is 5.21. The first-order valence-electron chi connectivity index (χ1n) is 6.51. The van der Waals surface area contributed by atoms with Crippen LogP contribution in [0.5, 0.6) is 5.75 Å². The van der Waals surface area contributed by atoms with Crippen LogP contribution >= 0.6 is 0 Å². The summed E-state index contributed by atoms with van der Waals surface area (Å²) in [5.74, 6) is 1.00. The topological polar surface area (TPSA) is 64.4 Å². The minimum atomic E-state index is -0.324. The number of anilines is 1. The van der Waals surface area contributed by atoms with E-state index in [1.807, 2.05) is 18.2 Å². The van der Waals surface area contributed by atoms with E-state index < -0.39 is 0 Å². The van der Waals surface area contributed by atoms with E-state index >= 15 is 0 Å². The fraction of sp³-hybridized carbons (Fsp3) is 0.500. The third-order valence-corrected chi connectivity index (χ3v) is 4.13. The summed E-state index contributed by atoms with van der Waals surface area (Å²) in [6.07, 6.45) is 3.83. The molecule has 0 spiro atoms. The van der Waals surface area contributed by atoms with Gasteiger partial charge in [0.15, 0.2) is 0 Å². The Kier molecular flexibility index (Phi) is 2.74. The number of hydrogen-bond acceptors (Lipinski definition) is 3. The minimum absolute atomic E-state index is 0.0649. The molecule has 18 heavy (non-hydrogen) atoms. The number of ether oxygens (including phenoxy) is 1. The van der Waals surface area contributed by atoms with Crippen molar-refractivity contribution in [3.05, 3.63) is 23.8 Å². The molecule has 0 radical (unpaired) electrons. The van der Waals surface area contributed by atoms with Crippen molar-refractivity contribution in [2.45, 2.75) is 25.7 Å². The molecule has 0 aromatic heterocycles. The maximum Gasteiger partial charge on any atom is 0.231 e. The zero-order chi connectivity index (χ0) is 12.6. The summed E-state index contributed by atoms with van der Waals surface area (Å²) in [6, 6.07) is 5.82. The van der Waals surface area contributed by atoms with Crippen molar-refractivity contribution in [3.8, 4) is 5.75 Å². The summed E-state index contributed by atoms with van der Waals surface area (Å²) in [6.45, 7) is 1.17. The predicted octanol–water partition coefficient (Wildman–Crippen LogP) is 1.69. The van der Waals surface area contributed by atoms with Crippen molar-refractivity contribution in [1.82, 2.24) is 0 Å². The number of carbonyl (C=O) groups excluding carboxylic acids is 1. The molecular formula is C14H18N2O2. The van der Waals surface area contributed by atoms with Crippen molar-refractivity contribution in [2.75, 3.05) is 18.5 Å². The van der Waals surface area contributed by atoms with Gasteiger partial charge < -0.3 is 15.8 Å². The molecule has 2 aliphatic rings. The monoisotopic (exact) mass is 246 g/mol. The van der Waals surface area contributed by atoms with Gasteiger partial charge in [0.1, 0.15) is 5.75 Å². The van der Waals surface area contributed by atoms with Gasteiger partial charge in [-0.2, -0.15) is 0 Å². The Labute approximate surface area is 107 Å². The molecule has 1 aliphatic heterocycles. The maximum atomic E-state index is 12.2. The van der Waals surface area contributed by atoms with Crippen molar-refractivity contribution >= 4 is 11.6 Å². The average Bonchev–Trinajstić information content (AvgIpc) is 2.75. The summed E-state index contributed by atoms with van der Waals surface area (Å²) in [7, 11) is 0. The normalized spacial score (nSPS) is 19.6. The van der Waals surface area contributed by atoms with Crippen LogP contribution in [0.1, 0.15) is 24.8 Å². The van der Waals surface area contributed by atoms with Gasteiger partial charge in [-0.05, 0) is 36.6 Å². The lowest BCUT2D eigenvalue weighted by molar-refractivity contribution is -0.129. The largest absolute Gasteiger partial charge is 0.493 e. The Morgan fingerprint density at radius 2 is 2.28 bits per heavy atom.